The van der Waals surface area contributed by atoms with Crippen LogP contribution in [0.4, 0.5) is 0 Å². The van der Waals surface area contributed by atoms with Gasteiger partial charge in [0.05, 0.1) is 10.6 Å². The van der Waals surface area contributed by atoms with Crippen LogP contribution in [0.5, 0.6) is 0 Å². The smallest absolute Gasteiger partial charge is 0.251 e. The van der Waals surface area contributed by atoms with Gasteiger partial charge in [-0.2, -0.15) is 9.40 Å². The van der Waals surface area contributed by atoms with E-state index < -0.39 is 10.0 Å². The first-order chi connectivity index (χ1) is 13.3. The minimum absolute atomic E-state index is 0.133. The van der Waals surface area contributed by atoms with Crippen molar-refractivity contribution in [2.75, 3.05) is 14.1 Å². The second kappa shape index (κ2) is 7.91. The van der Waals surface area contributed by atoms with Crippen molar-refractivity contribution < 1.29 is 13.2 Å². The summed E-state index contributed by atoms with van der Waals surface area (Å²) < 4.78 is 28.8. The number of carbonyl (C=O) groups excluding carboxylic acids is 1. The summed E-state index contributed by atoms with van der Waals surface area (Å²) >= 11 is 0. The van der Waals surface area contributed by atoms with Crippen molar-refractivity contribution in [1.82, 2.24) is 24.4 Å². The Bertz CT molecular complexity index is 1050. The lowest BCUT2D eigenvalue weighted by molar-refractivity contribution is 0.0963. The third-order valence-electron chi connectivity index (χ3n) is 4.62. The molecule has 0 radical (unpaired) electrons. The van der Waals surface area contributed by atoms with E-state index in [0.717, 1.165) is 11.3 Å². The van der Waals surface area contributed by atoms with E-state index >= 15 is 0 Å². The van der Waals surface area contributed by atoms with Gasteiger partial charge in [-0.15, -0.1) is 0 Å². The summed E-state index contributed by atoms with van der Waals surface area (Å²) in [6, 6.07) is 12.9. The molecule has 0 aliphatic rings. The number of rotatable bonds is 6. The number of amides is 1. The number of hydrogen-bond acceptors (Lipinski definition) is 5. The Morgan fingerprint density at radius 1 is 1.11 bits per heavy atom. The normalized spacial score (nSPS) is 12.7. The highest BCUT2D eigenvalue weighted by Crippen LogP contribution is 2.26. The highest BCUT2D eigenvalue weighted by Gasteiger charge is 2.26. The zero-order valence-corrected chi connectivity index (χ0v) is 16.6. The molecule has 1 heterocycles. The van der Waals surface area contributed by atoms with E-state index in [-0.39, 0.29) is 16.8 Å². The van der Waals surface area contributed by atoms with Gasteiger partial charge in [0.25, 0.3) is 5.91 Å². The van der Waals surface area contributed by atoms with Gasteiger partial charge in [0.2, 0.25) is 10.0 Å². The first-order valence-electron chi connectivity index (χ1n) is 8.59. The maximum absolute atomic E-state index is 13.0. The summed E-state index contributed by atoms with van der Waals surface area (Å²) in [5.41, 5.74) is 2.08. The number of nitrogens with zero attached hydrogens (tertiary/aromatic N) is 4. The minimum Gasteiger partial charge on any atom is -0.355 e. The van der Waals surface area contributed by atoms with Crippen molar-refractivity contribution in [3.05, 3.63) is 72.3 Å². The molecule has 3 rings (SSSR count). The van der Waals surface area contributed by atoms with Crippen LogP contribution in [0.1, 0.15) is 28.9 Å². The van der Waals surface area contributed by atoms with E-state index in [1.807, 2.05) is 31.2 Å². The summed E-state index contributed by atoms with van der Waals surface area (Å²) in [4.78, 5) is 15.7. The van der Waals surface area contributed by atoms with Gasteiger partial charge in [-0.05, 0) is 48.9 Å². The Morgan fingerprint density at radius 3 is 2.29 bits per heavy atom. The third kappa shape index (κ3) is 3.80. The fourth-order valence-electron chi connectivity index (χ4n) is 2.75. The zero-order chi connectivity index (χ0) is 20.3. The summed E-state index contributed by atoms with van der Waals surface area (Å²) in [6.45, 7) is 1.82. The number of nitrogens with one attached hydrogen (secondary N) is 1. The van der Waals surface area contributed by atoms with Crippen molar-refractivity contribution in [2.45, 2.75) is 17.9 Å². The molecule has 0 aliphatic heterocycles. The Hall–Kier alpha value is -3.04. The van der Waals surface area contributed by atoms with Crippen LogP contribution in [0.25, 0.3) is 5.69 Å². The van der Waals surface area contributed by atoms with Crippen molar-refractivity contribution >= 4 is 15.9 Å². The van der Waals surface area contributed by atoms with Crippen LogP contribution < -0.4 is 5.32 Å². The largest absolute Gasteiger partial charge is 0.355 e. The molecule has 0 fully saturated rings. The second-order valence-corrected chi connectivity index (χ2v) is 8.23. The molecule has 1 unspecified atom stereocenters. The molecule has 2 aromatic carbocycles. The number of aromatic nitrogens is 3. The second-order valence-electron chi connectivity index (χ2n) is 6.23. The number of sulfonamides is 1. The Kier molecular flexibility index (Phi) is 5.57. The van der Waals surface area contributed by atoms with Gasteiger partial charge in [-0.1, -0.05) is 12.1 Å². The van der Waals surface area contributed by atoms with Crippen LogP contribution in [0.2, 0.25) is 0 Å². The molecule has 9 heteroatoms. The van der Waals surface area contributed by atoms with Gasteiger partial charge in [0, 0.05) is 25.7 Å². The zero-order valence-electron chi connectivity index (χ0n) is 15.8. The van der Waals surface area contributed by atoms with Crippen LogP contribution in [0.15, 0.2) is 66.1 Å². The average Bonchev–Trinajstić information content (AvgIpc) is 3.27. The van der Waals surface area contributed by atoms with E-state index in [2.05, 4.69) is 15.4 Å². The molecule has 3 aromatic rings. The highest BCUT2D eigenvalue weighted by molar-refractivity contribution is 7.89. The summed E-state index contributed by atoms with van der Waals surface area (Å²) in [5.74, 6) is -0.266. The Morgan fingerprint density at radius 2 is 1.75 bits per heavy atom. The van der Waals surface area contributed by atoms with Gasteiger partial charge in [-0.25, -0.2) is 18.1 Å². The van der Waals surface area contributed by atoms with Gasteiger partial charge in [0.1, 0.15) is 12.7 Å². The number of benzene rings is 2. The Balaban J connectivity index is 1.81. The lowest BCUT2D eigenvalue weighted by Gasteiger charge is -2.25. The lowest BCUT2D eigenvalue weighted by Crippen LogP contribution is -2.30. The van der Waals surface area contributed by atoms with Crippen LogP contribution in [-0.4, -0.2) is 47.5 Å². The van der Waals surface area contributed by atoms with Crippen molar-refractivity contribution in [3.8, 4) is 5.69 Å². The first kappa shape index (κ1) is 19.7. The summed E-state index contributed by atoms with van der Waals surface area (Å²) in [5, 5.41) is 6.58. The van der Waals surface area contributed by atoms with Gasteiger partial charge < -0.3 is 5.32 Å². The van der Waals surface area contributed by atoms with Gasteiger partial charge in [0.15, 0.2) is 0 Å². The standard InChI is InChI=1S/C19H21N5O3S/c1-14(15-4-8-17(9-5-15)24-13-21-12-22-24)23(3)28(26,27)18-10-6-16(7-11-18)19(25)20-2/h4-14H,1-3H3,(H,20,25). The van der Waals surface area contributed by atoms with E-state index in [1.54, 1.807) is 11.0 Å². The number of hydrogen-bond donors (Lipinski definition) is 1. The van der Waals surface area contributed by atoms with Crippen LogP contribution in [-0.2, 0) is 10.0 Å². The van der Waals surface area contributed by atoms with Gasteiger partial charge in [-0.3, -0.25) is 4.79 Å². The van der Waals surface area contributed by atoms with Crippen LogP contribution >= 0.6 is 0 Å². The van der Waals surface area contributed by atoms with E-state index in [0.29, 0.717) is 5.56 Å². The van der Waals surface area contributed by atoms with Crippen molar-refractivity contribution in [1.29, 1.82) is 0 Å². The molecule has 8 nitrogen and oxygen atoms in total. The first-order valence-corrected chi connectivity index (χ1v) is 10.0. The Labute approximate surface area is 163 Å². The molecule has 1 atom stereocenters. The molecule has 0 aliphatic carbocycles. The predicted octanol–water partition coefficient (Wildman–Crippen LogP) is 2.01. The molecule has 0 saturated carbocycles. The SMILES string of the molecule is CNC(=O)c1ccc(S(=O)(=O)N(C)C(C)c2ccc(-n3cncn3)cc2)cc1. The molecule has 0 bridgehead atoms. The average molecular weight is 399 g/mol. The maximum Gasteiger partial charge on any atom is 0.251 e. The molecular weight excluding hydrogens is 378 g/mol. The van der Waals surface area contributed by atoms with E-state index in [4.69, 9.17) is 0 Å². The third-order valence-corrected chi connectivity index (χ3v) is 6.57. The highest BCUT2D eigenvalue weighted by atomic mass is 32.2. The molecular formula is C19H21N5O3S. The molecule has 1 aromatic heterocycles. The lowest BCUT2D eigenvalue weighted by atomic mass is 10.1. The molecule has 0 saturated heterocycles. The molecule has 146 valence electrons. The monoisotopic (exact) mass is 399 g/mol. The summed E-state index contributed by atoms with van der Waals surface area (Å²) in [6.07, 6.45) is 3.05. The maximum atomic E-state index is 13.0. The molecule has 1 amide bonds. The quantitative estimate of drug-likeness (QED) is 0.684. The van der Waals surface area contributed by atoms with E-state index in [9.17, 15) is 13.2 Å². The molecule has 0 spiro atoms. The van der Waals surface area contributed by atoms with Crippen LogP contribution in [0.3, 0.4) is 0 Å². The molecule has 1 N–H and O–H groups in total. The summed E-state index contributed by atoms with van der Waals surface area (Å²) in [7, 11) is -0.651. The van der Waals surface area contributed by atoms with Crippen LogP contribution in [0, 0.1) is 0 Å². The van der Waals surface area contributed by atoms with Crippen molar-refractivity contribution in [2.24, 2.45) is 0 Å². The predicted molar refractivity (Wildman–Crippen MR) is 105 cm³/mol. The topological polar surface area (TPSA) is 97.2 Å². The number of carbonyl (C=O) groups is 1. The fraction of sp³-hybridized carbons (Fsp3) is 0.211. The minimum atomic E-state index is -3.71. The van der Waals surface area contributed by atoms with Crippen molar-refractivity contribution in [3.63, 3.8) is 0 Å². The van der Waals surface area contributed by atoms with Gasteiger partial charge >= 0.3 is 0 Å². The fourth-order valence-corrected chi connectivity index (χ4v) is 4.10. The molecule has 28 heavy (non-hydrogen) atoms. The van der Waals surface area contributed by atoms with E-state index in [1.165, 1.54) is 49.0 Å².